The van der Waals surface area contributed by atoms with Crippen molar-refractivity contribution in [2.45, 2.75) is 50.0 Å². The number of rotatable bonds is 2. The topological polar surface area (TPSA) is 37.8 Å². The molecule has 0 amide bonds. The Morgan fingerprint density at radius 1 is 1.24 bits per heavy atom. The maximum absolute atomic E-state index is 4.57. The molecule has 4 heteroatoms. The standard InChI is InChI=1S/C17H21N3S/c1-11-3-2-4-12(9-11)20-17-16-13-7-8-21-15(13)6-5-14(16)18-10-19-17/h5-6,10-12H,2-4,7-9H2,1H3,(H,18,19,20). The van der Waals surface area contributed by atoms with E-state index in [9.17, 15) is 0 Å². The summed E-state index contributed by atoms with van der Waals surface area (Å²) in [5.41, 5.74) is 2.53. The number of anilines is 1. The number of fused-ring (bicyclic) bond motifs is 3. The van der Waals surface area contributed by atoms with Crippen LogP contribution in [0.15, 0.2) is 23.4 Å². The van der Waals surface area contributed by atoms with Crippen LogP contribution < -0.4 is 5.32 Å². The lowest BCUT2D eigenvalue weighted by molar-refractivity contribution is 0.358. The molecule has 2 aliphatic rings. The van der Waals surface area contributed by atoms with Gasteiger partial charge < -0.3 is 5.32 Å². The van der Waals surface area contributed by atoms with E-state index in [0.29, 0.717) is 6.04 Å². The molecule has 110 valence electrons. The van der Waals surface area contributed by atoms with Crippen LogP contribution in [-0.2, 0) is 6.42 Å². The Balaban J connectivity index is 1.73. The molecule has 1 aromatic heterocycles. The van der Waals surface area contributed by atoms with E-state index >= 15 is 0 Å². The number of thioether (sulfide) groups is 1. The predicted molar refractivity (Wildman–Crippen MR) is 89.0 cm³/mol. The van der Waals surface area contributed by atoms with Gasteiger partial charge in [-0.2, -0.15) is 0 Å². The molecule has 2 aromatic rings. The van der Waals surface area contributed by atoms with Gasteiger partial charge in [-0.05, 0) is 42.9 Å². The molecule has 3 nitrogen and oxygen atoms in total. The SMILES string of the molecule is CC1CCCC(Nc2ncnc3ccc4c(c23)CCS4)C1. The molecule has 4 rings (SSSR count). The maximum Gasteiger partial charge on any atom is 0.137 e. The average molecular weight is 299 g/mol. The number of aryl methyl sites for hydroxylation is 1. The number of nitrogens with one attached hydrogen (secondary N) is 1. The normalized spacial score (nSPS) is 25.0. The van der Waals surface area contributed by atoms with Crippen LogP contribution >= 0.6 is 11.8 Å². The molecular weight excluding hydrogens is 278 g/mol. The number of hydrogen-bond acceptors (Lipinski definition) is 4. The summed E-state index contributed by atoms with van der Waals surface area (Å²) >= 11 is 1.95. The minimum absolute atomic E-state index is 0.566. The minimum atomic E-state index is 0.566. The summed E-state index contributed by atoms with van der Waals surface area (Å²) < 4.78 is 0. The highest BCUT2D eigenvalue weighted by atomic mass is 32.2. The first-order valence-electron chi connectivity index (χ1n) is 7.97. The fraction of sp³-hybridized carbons (Fsp3) is 0.529. The van der Waals surface area contributed by atoms with E-state index in [4.69, 9.17) is 0 Å². The molecule has 0 bridgehead atoms. The molecule has 1 fully saturated rings. The minimum Gasteiger partial charge on any atom is -0.367 e. The van der Waals surface area contributed by atoms with Gasteiger partial charge in [0.2, 0.25) is 0 Å². The van der Waals surface area contributed by atoms with E-state index in [1.54, 1.807) is 6.33 Å². The van der Waals surface area contributed by atoms with Crippen molar-refractivity contribution in [1.29, 1.82) is 0 Å². The molecule has 1 aliphatic heterocycles. The number of hydrogen-bond donors (Lipinski definition) is 1. The first-order valence-corrected chi connectivity index (χ1v) is 8.96. The first-order chi connectivity index (χ1) is 10.3. The monoisotopic (exact) mass is 299 g/mol. The second kappa shape index (κ2) is 5.48. The van der Waals surface area contributed by atoms with Gasteiger partial charge >= 0.3 is 0 Å². The molecule has 2 heterocycles. The van der Waals surface area contributed by atoms with Crippen LogP contribution in [0.3, 0.4) is 0 Å². The van der Waals surface area contributed by atoms with Crippen LogP contribution in [0.1, 0.15) is 38.2 Å². The molecule has 1 N–H and O–H groups in total. The molecular formula is C17H21N3S. The molecule has 2 unspecified atom stereocenters. The van der Waals surface area contributed by atoms with Gasteiger partial charge in [0.05, 0.1) is 5.52 Å². The van der Waals surface area contributed by atoms with Crippen LogP contribution in [-0.4, -0.2) is 21.8 Å². The van der Waals surface area contributed by atoms with Crippen molar-refractivity contribution >= 4 is 28.5 Å². The lowest BCUT2D eigenvalue weighted by atomic mass is 9.87. The van der Waals surface area contributed by atoms with Gasteiger partial charge in [-0.25, -0.2) is 9.97 Å². The molecule has 21 heavy (non-hydrogen) atoms. The van der Waals surface area contributed by atoms with E-state index < -0.39 is 0 Å². The van der Waals surface area contributed by atoms with Gasteiger partial charge in [0.25, 0.3) is 0 Å². The van der Waals surface area contributed by atoms with Crippen molar-refractivity contribution in [3.8, 4) is 0 Å². The Labute approximate surface area is 129 Å². The van der Waals surface area contributed by atoms with Gasteiger partial charge in [-0.15, -0.1) is 11.8 Å². The molecule has 1 aliphatic carbocycles. The number of nitrogens with zero attached hydrogens (tertiary/aromatic N) is 2. The molecule has 1 saturated carbocycles. The second-order valence-electron chi connectivity index (χ2n) is 6.37. The summed E-state index contributed by atoms with van der Waals surface area (Å²) in [7, 11) is 0. The van der Waals surface area contributed by atoms with Crippen LogP contribution in [0.2, 0.25) is 0 Å². The highest BCUT2D eigenvalue weighted by molar-refractivity contribution is 7.99. The third-order valence-electron chi connectivity index (χ3n) is 4.76. The predicted octanol–water partition coefficient (Wildman–Crippen LogP) is 4.27. The van der Waals surface area contributed by atoms with Crippen molar-refractivity contribution in [3.63, 3.8) is 0 Å². The third kappa shape index (κ3) is 2.50. The number of benzene rings is 1. The summed E-state index contributed by atoms with van der Waals surface area (Å²) in [5.74, 6) is 3.06. The second-order valence-corrected chi connectivity index (χ2v) is 7.51. The van der Waals surface area contributed by atoms with Crippen molar-refractivity contribution in [1.82, 2.24) is 9.97 Å². The van der Waals surface area contributed by atoms with Gasteiger partial charge in [-0.3, -0.25) is 0 Å². The van der Waals surface area contributed by atoms with E-state index in [1.165, 1.54) is 47.3 Å². The Bertz CT molecular complexity index is 670. The smallest absolute Gasteiger partial charge is 0.137 e. The van der Waals surface area contributed by atoms with Crippen LogP contribution in [0.5, 0.6) is 0 Å². The quantitative estimate of drug-likeness (QED) is 0.898. The van der Waals surface area contributed by atoms with E-state index in [2.05, 4.69) is 34.3 Å². The Hall–Kier alpha value is -1.29. The van der Waals surface area contributed by atoms with Crippen molar-refractivity contribution in [2.75, 3.05) is 11.1 Å². The van der Waals surface area contributed by atoms with Gasteiger partial charge in [0.15, 0.2) is 0 Å². The maximum atomic E-state index is 4.57. The fourth-order valence-corrected chi connectivity index (χ4v) is 4.78. The highest BCUT2D eigenvalue weighted by Crippen LogP contribution is 2.38. The first kappa shape index (κ1) is 13.4. The summed E-state index contributed by atoms with van der Waals surface area (Å²) in [6.07, 6.45) is 8.06. The van der Waals surface area contributed by atoms with Gasteiger partial charge in [0.1, 0.15) is 12.1 Å². The fourth-order valence-electron chi connectivity index (χ4n) is 3.72. The van der Waals surface area contributed by atoms with E-state index in [0.717, 1.165) is 23.7 Å². The van der Waals surface area contributed by atoms with E-state index in [-0.39, 0.29) is 0 Å². The number of aromatic nitrogens is 2. The van der Waals surface area contributed by atoms with Crippen molar-refractivity contribution in [3.05, 3.63) is 24.0 Å². The van der Waals surface area contributed by atoms with Crippen molar-refractivity contribution < 1.29 is 0 Å². The Morgan fingerprint density at radius 2 is 2.19 bits per heavy atom. The van der Waals surface area contributed by atoms with Crippen molar-refractivity contribution in [2.24, 2.45) is 5.92 Å². The molecule has 2 atom stereocenters. The third-order valence-corrected chi connectivity index (χ3v) is 5.86. The Morgan fingerprint density at radius 3 is 3.10 bits per heavy atom. The molecule has 0 radical (unpaired) electrons. The molecule has 0 spiro atoms. The van der Waals surface area contributed by atoms with Crippen LogP contribution in [0.4, 0.5) is 5.82 Å². The van der Waals surface area contributed by atoms with Crippen LogP contribution in [0, 0.1) is 5.92 Å². The molecule has 0 saturated heterocycles. The summed E-state index contributed by atoms with van der Waals surface area (Å²) in [5, 5.41) is 4.99. The summed E-state index contributed by atoms with van der Waals surface area (Å²) in [4.78, 5) is 10.5. The largest absolute Gasteiger partial charge is 0.367 e. The van der Waals surface area contributed by atoms with Gasteiger partial charge in [-0.1, -0.05) is 19.8 Å². The van der Waals surface area contributed by atoms with Gasteiger partial charge in [0, 0.05) is 22.1 Å². The molecule has 1 aromatic carbocycles. The summed E-state index contributed by atoms with van der Waals surface area (Å²) in [6.45, 7) is 2.36. The van der Waals surface area contributed by atoms with E-state index in [1.807, 2.05) is 11.8 Å². The van der Waals surface area contributed by atoms with Crippen LogP contribution in [0.25, 0.3) is 10.9 Å². The average Bonchev–Trinajstić information content (AvgIpc) is 2.96. The lowest BCUT2D eigenvalue weighted by Crippen LogP contribution is -2.26. The highest BCUT2D eigenvalue weighted by Gasteiger charge is 2.22. The zero-order valence-corrected chi connectivity index (χ0v) is 13.2. The zero-order valence-electron chi connectivity index (χ0n) is 12.4. The summed E-state index contributed by atoms with van der Waals surface area (Å²) in [6, 6.07) is 4.93. The lowest BCUT2D eigenvalue weighted by Gasteiger charge is -2.28. The Kier molecular flexibility index (Phi) is 3.49. The zero-order chi connectivity index (χ0) is 14.2.